The van der Waals surface area contributed by atoms with Gasteiger partial charge in [-0.05, 0) is 55.1 Å². The van der Waals surface area contributed by atoms with Crippen LogP contribution in [-0.4, -0.2) is 36.2 Å². The highest BCUT2D eigenvalue weighted by Crippen LogP contribution is 2.18. The van der Waals surface area contributed by atoms with E-state index in [0.29, 0.717) is 30.5 Å². The van der Waals surface area contributed by atoms with Gasteiger partial charge in [-0.15, -0.1) is 0 Å². The monoisotopic (exact) mass is 342 g/mol. The molecule has 1 atom stereocenters. The van der Waals surface area contributed by atoms with Crippen molar-refractivity contribution in [1.29, 1.82) is 0 Å². The largest absolute Gasteiger partial charge is 0.387 e. The molecule has 3 rings (SSSR count). The van der Waals surface area contributed by atoms with E-state index in [9.17, 15) is 14.3 Å². The van der Waals surface area contributed by atoms with Gasteiger partial charge in [-0.25, -0.2) is 4.39 Å². The van der Waals surface area contributed by atoms with Crippen LogP contribution in [0.2, 0.25) is 0 Å². The molecule has 2 aromatic carbocycles. The van der Waals surface area contributed by atoms with Crippen LogP contribution >= 0.6 is 0 Å². The zero-order valence-corrected chi connectivity index (χ0v) is 14.3. The Morgan fingerprint density at radius 1 is 1.32 bits per heavy atom. The number of carbonyl (C=O) groups excluding carboxylic acids is 1. The molecule has 0 aromatic heterocycles. The van der Waals surface area contributed by atoms with Crippen molar-refractivity contribution in [1.82, 2.24) is 10.6 Å². The average molecular weight is 342 g/mol. The highest BCUT2D eigenvalue weighted by Gasteiger charge is 2.31. The molecule has 1 saturated heterocycles. The van der Waals surface area contributed by atoms with Crippen molar-refractivity contribution in [2.75, 3.05) is 19.6 Å². The minimum Gasteiger partial charge on any atom is -0.387 e. The van der Waals surface area contributed by atoms with Crippen molar-refractivity contribution in [3.63, 3.8) is 0 Å². The van der Waals surface area contributed by atoms with Gasteiger partial charge in [0.1, 0.15) is 5.82 Å². The van der Waals surface area contributed by atoms with E-state index in [-0.39, 0.29) is 18.3 Å². The van der Waals surface area contributed by atoms with E-state index in [0.717, 1.165) is 17.7 Å². The fraction of sp³-hybridized carbons (Fsp3) is 0.350. The van der Waals surface area contributed by atoms with Crippen LogP contribution in [0.4, 0.5) is 4.39 Å². The van der Waals surface area contributed by atoms with Gasteiger partial charge in [0, 0.05) is 18.7 Å². The van der Waals surface area contributed by atoms with E-state index in [1.165, 1.54) is 6.07 Å². The molecule has 0 aliphatic carbocycles. The van der Waals surface area contributed by atoms with Crippen LogP contribution in [0.25, 0.3) is 0 Å². The van der Waals surface area contributed by atoms with Gasteiger partial charge in [-0.1, -0.05) is 30.3 Å². The summed E-state index contributed by atoms with van der Waals surface area (Å²) in [5.41, 5.74) is 1.93. The van der Waals surface area contributed by atoms with E-state index < -0.39 is 5.60 Å². The number of benzene rings is 2. The summed E-state index contributed by atoms with van der Waals surface area (Å²) < 4.78 is 13.8. The highest BCUT2D eigenvalue weighted by atomic mass is 19.1. The van der Waals surface area contributed by atoms with Gasteiger partial charge >= 0.3 is 0 Å². The fourth-order valence-corrected chi connectivity index (χ4v) is 3.08. The molecule has 3 N–H and O–H groups in total. The summed E-state index contributed by atoms with van der Waals surface area (Å²) in [6.07, 6.45) is 1.10. The van der Waals surface area contributed by atoms with Gasteiger partial charge < -0.3 is 15.7 Å². The Morgan fingerprint density at radius 3 is 2.84 bits per heavy atom. The standard InChI is InChI=1S/C20H23FN2O2/c1-14-6-7-15(11-18(14)21)10-16-4-2-3-5-17(16)19(24)23-13-20(25)8-9-22-12-20/h2-7,11,22,25H,8-10,12-13H2,1H3,(H,23,24)/t20-/m1/s1. The number of rotatable bonds is 5. The molecule has 1 amide bonds. The fourth-order valence-electron chi connectivity index (χ4n) is 3.08. The molecule has 0 spiro atoms. The third-order valence-electron chi connectivity index (χ3n) is 4.69. The van der Waals surface area contributed by atoms with E-state index in [1.807, 2.05) is 18.2 Å². The van der Waals surface area contributed by atoms with Crippen molar-refractivity contribution in [2.45, 2.75) is 25.4 Å². The maximum atomic E-state index is 13.8. The summed E-state index contributed by atoms with van der Waals surface area (Å²) in [5, 5.41) is 16.2. The second-order valence-corrected chi connectivity index (χ2v) is 6.75. The van der Waals surface area contributed by atoms with Gasteiger partial charge in [0.25, 0.3) is 5.91 Å². The number of aryl methyl sites for hydroxylation is 1. The number of β-amino-alcohol motifs (C(OH)–C–C–N with tert-alkyl or cyclic N) is 1. The van der Waals surface area contributed by atoms with Crippen molar-refractivity contribution >= 4 is 5.91 Å². The second kappa shape index (κ2) is 7.33. The van der Waals surface area contributed by atoms with Gasteiger partial charge in [0.2, 0.25) is 0 Å². The van der Waals surface area contributed by atoms with Crippen LogP contribution in [0.3, 0.4) is 0 Å². The Bertz CT molecular complexity index is 770. The SMILES string of the molecule is Cc1ccc(Cc2ccccc2C(=O)NC[C@@]2(O)CCNC2)cc1F. The quantitative estimate of drug-likeness (QED) is 0.780. The molecule has 1 heterocycles. The molecule has 0 radical (unpaired) electrons. The molecule has 0 unspecified atom stereocenters. The molecular weight excluding hydrogens is 319 g/mol. The Balaban J connectivity index is 1.73. The maximum Gasteiger partial charge on any atom is 0.251 e. The van der Waals surface area contributed by atoms with Crippen LogP contribution in [-0.2, 0) is 6.42 Å². The predicted octanol–water partition coefficient (Wildman–Crippen LogP) is 2.18. The molecule has 132 valence electrons. The third-order valence-corrected chi connectivity index (χ3v) is 4.69. The molecule has 25 heavy (non-hydrogen) atoms. The first-order valence-electron chi connectivity index (χ1n) is 8.51. The van der Waals surface area contributed by atoms with Crippen molar-refractivity contribution < 1.29 is 14.3 Å². The molecule has 1 aliphatic heterocycles. The van der Waals surface area contributed by atoms with Gasteiger partial charge in [0.15, 0.2) is 0 Å². The summed E-state index contributed by atoms with van der Waals surface area (Å²) in [5.74, 6) is -0.459. The summed E-state index contributed by atoms with van der Waals surface area (Å²) in [7, 11) is 0. The maximum absolute atomic E-state index is 13.8. The first-order valence-corrected chi connectivity index (χ1v) is 8.51. The highest BCUT2D eigenvalue weighted by molar-refractivity contribution is 5.95. The lowest BCUT2D eigenvalue weighted by molar-refractivity contribution is 0.0561. The van der Waals surface area contributed by atoms with Crippen LogP contribution in [0.5, 0.6) is 0 Å². The molecule has 4 nitrogen and oxygen atoms in total. The van der Waals surface area contributed by atoms with Crippen LogP contribution in [0.1, 0.15) is 33.5 Å². The molecule has 0 saturated carbocycles. The molecular formula is C20H23FN2O2. The molecule has 1 fully saturated rings. The third kappa shape index (κ3) is 4.24. The van der Waals surface area contributed by atoms with E-state index in [1.54, 1.807) is 25.1 Å². The Labute approximate surface area is 147 Å². The van der Waals surface area contributed by atoms with Crippen LogP contribution in [0.15, 0.2) is 42.5 Å². The van der Waals surface area contributed by atoms with E-state index in [4.69, 9.17) is 0 Å². The zero-order chi connectivity index (χ0) is 17.9. The van der Waals surface area contributed by atoms with Crippen molar-refractivity contribution in [3.8, 4) is 0 Å². The number of hydrogen-bond donors (Lipinski definition) is 3. The van der Waals surface area contributed by atoms with Gasteiger partial charge in [-0.2, -0.15) is 0 Å². The van der Waals surface area contributed by atoms with Crippen molar-refractivity contribution in [2.24, 2.45) is 0 Å². The van der Waals surface area contributed by atoms with Gasteiger partial charge in [0.05, 0.1) is 5.60 Å². The average Bonchev–Trinajstić information content (AvgIpc) is 3.04. The first-order chi connectivity index (χ1) is 12.0. The number of amides is 1. The number of aliphatic hydroxyl groups is 1. The minimum absolute atomic E-state index is 0.215. The first kappa shape index (κ1) is 17.6. The smallest absolute Gasteiger partial charge is 0.251 e. The van der Waals surface area contributed by atoms with Crippen LogP contribution < -0.4 is 10.6 Å². The summed E-state index contributed by atoms with van der Waals surface area (Å²) >= 11 is 0. The van der Waals surface area contributed by atoms with Gasteiger partial charge in [-0.3, -0.25) is 4.79 Å². The van der Waals surface area contributed by atoms with Crippen molar-refractivity contribution in [3.05, 3.63) is 70.5 Å². The number of carbonyl (C=O) groups is 1. The normalized spacial score (nSPS) is 19.8. The molecule has 5 heteroatoms. The lowest BCUT2D eigenvalue weighted by Crippen LogP contribution is -2.44. The van der Waals surface area contributed by atoms with Crippen LogP contribution in [0, 0.1) is 12.7 Å². The van der Waals surface area contributed by atoms with E-state index >= 15 is 0 Å². The Hall–Kier alpha value is -2.24. The van der Waals surface area contributed by atoms with E-state index in [2.05, 4.69) is 10.6 Å². The predicted molar refractivity (Wildman–Crippen MR) is 95.2 cm³/mol. The zero-order valence-electron chi connectivity index (χ0n) is 14.3. The lowest BCUT2D eigenvalue weighted by atomic mass is 9.98. The summed E-state index contributed by atoms with van der Waals surface area (Å²) in [4.78, 5) is 12.6. The lowest BCUT2D eigenvalue weighted by Gasteiger charge is -2.22. The molecule has 1 aliphatic rings. The Kier molecular flexibility index (Phi) is 5.16. The topological polar surface area (TPSA) is 61.4 Å². The molecule has 2 aromatic rings. The second-order valence-electron chi connectivity index (χ2n) is 6.75. The number of nitrogens with one attached hydrogen (secondary N) is 2. The Morgan fingerprint density at radius 2 is 2.12 bits per heavy atom. The summed E-state index contributed by atoms with van der Waals surface area (Å²) in [6, 6.07) is 12.4. The number of hydrogen-bond acceptors (Lipinski definition) is 3. The number of halogens is 1. The minimum atomic E-state index is -0.884. The summed E-state index contributed by atoms with van der Waals surface area (Å²) in [6.45, 7) is 3.18. The molecule has 0 bridgehead atoms.